The molecule has 4 aromatic rings. The van der Waals surface area contributed by atoms with Crippen LogP contribution in [0, 0.1) is 11.2 Å². The smallest absolute Gasteiger partial charge is 0.408 e. The summed E-state index contributed by atoms with van der Waals surface area (Å²) in [5.74, 6) is -2.31. The molecule has 0 spiro atoms. The van der Waals surface area contributed by atoms with Gasteiger partial charge in [-0.05, 0) is 62.0 Å². The van der Waals surface area contributed by atoms with Crippen LogP contribution in [0.4, 0.5) is 4.39 Å². The summed E-state index contributed by atoms with van der Waals surface area (Å²) in [5, 5.41) is 9.66. The zero-order chi connectivity index (χ0) is 24.9. The molecule has 3 saturated heterocycles. The lowest BCUT2D eigenvalue weighted by Crippen LogP contribution is -2.52. The molecule has 2 amide bonds. The Morgan fingerprint density at radius 3 is 2.67 bits per heavy atom. The van der Waals surface area contributed by atoms with Gasteiger partial charge in [-0.2, -0.15) is 5.10 Å². The Labute approximate surface area is 203 Å². The normalized spacial score (nSPS) is 21.2. The van der Waals surface area contributed by atoms with Gasteiger partial charge in [0.25, 0.3) is 11.8 Å². The minimum Gasteiger partial charge on any atom is -0.408 e. The van der Waals surface area contributed by atoms with Gasteiger partial charge in [0.1, 0.15) is 11.4 Å². The number of oxazole rings is 1. The number of benzene rings is 1. The van der Waals surface area contributed by atoms with Crippen LogP contribution in [0.5, 0.6) is 0 Å². The van der Waals surface area contributed by atoms with E-state index in [0.29, 0.717) is 23.2 Å². The highest BCUT2D eigenvalue weighted by molar-refractivity contribution is 5.98. The van der Waals surface area contributed by atoms with Crippen molar-refractivity contribution in [3.63, 3.8) is 0 Å². The number of fused-ring (bicyclic) bond motifs is 5. The molecular weight excluding hydrogens is 469 g/mol. The number of rotatable bonds is 6. The van der Waals surface area contributed by atoms with Crippen molar-refractivity contribution in [2.75, 3.05) is 26.2 Å². The summed E-state index contributed by atoms with van der Waals surface area (Å²) < 4.78 is 20.5. The Kier molecular flexibility index (Phi) is 5.32. The van der Waals surface area contributed by atoms with Crippen molar-refractivity contribution in [1.29, 1.82) is 0 Å². The summed E-state index contributed by atoms with van der Waals surface area (Å²) in [4.78, 5) is 46.5. The average Bonchev–Trinajstić information content (AvgIpc) is 3.47. The molecule has 6 heterocycles. The second-order valence-electron chi connectivity index (χ2n) is 9.56. The Morgan fingerprint density at radius 1 is 1.11 bits per heavy atom. The van der Waals surface area contributed by atoms with E-state index in [0.717, 1.165) is 49.6 Å². The summed E-state index contributed by atoms with van der Waals surface area (Å²) in [6.45, 7) is 3.75. The first-order valence-corrected chi connectivity index (χ1v) is 11.8. The molecule has 11 nitrogen and oxygen atoms in total. The quantitative estimate of drug-likeness (QED) is 0.370. The second kappa shape index (κ2) is 8.55. The molecule has 0 radical (unpaired) electrons. The van der Waals surface area contributed by atoms with Gasteiger partial charge >= 0.3 is 5.76 Å². The minimum absolute atomic E-state index is 0.0380. The zero-order valence-electron chi connectivity index (χ0n) is 19.3. The first kappa shape index (κ1) is 22.4. The Morgan fingerprint density at radius 2 is 1.89 bits per heavy atom. The highest BCUT2D eigenvalue weighted by atomic mass is 19.1. The van der Waals surface area contributed by atoms with Crippen LogP contribution in [0.2, 0.25) is 0 Å². The Hall–Kier alpha value is -4.06. The van der Waals surface area contributed by atoms with Crippen LogP contribution in [-0.4, -0.2) is 62.5 Å². The first-order valence-electron chi connectivity index (χ1n) is 11.8. The number of H-pyrrole nitrogens is 1. The van der Waals surface area contributed by atoms with E-state index in [2.05, 4.69) is 30.6 Å². The van der Waals surface area contributed by atoms with Gasteiger partial charge < -0.3 is 20.0 Å². The molecular formula is C24H24FN7O4. The molecule has 12 heteroatoms. The maximum absolute atomic E-state index is 14.4. The predicted octanol–water partition coefficient (Wildman–Crippen LogP) is 1.45. The molecule has 36 heavy (non-hydrogen) atoms. The number of amides is 2. The summed E-state index contributed by atoms with van der Waals surface area (Å²) in [7, 11) is 0. The van der Waals surface area contributed by atoms with Gasteiger partial charge in [-0.3, -0.25) is 14.6 Å². The van der Waals surface area contributed by atoms with E-state index in [1.165, 1.54) is 6.07 Å². The van der Waals surface area contributed by atoms with Crippen molar-refractivity contribution in [1.82, 2.24) is 35.1 Å². The average molecular weight is 493 g/mol. The van der Waals surface area contributed by atoms with Crippen molar-refractivity contribution in [2.45, 2.75) is 25.8 Å². The molecule has 3 aromatic heterocycles. The second-order valence-corrected chi connectivity index (χ2v) is 9.56. The summed E-state index contributed by atoms with van der Waals surface area (Å²) in [6, 6.07) is 6.34. The summed E-state index contributed by atoms with van der Waals surface area (Å²) in [5.41, 5.74) is 1.44. The molecule has 7 rings (SSSR count). The number of carbonyl (C=O) groups is 2. The van der Waals surface area contributed by atoms with E-state index in [1.807, 2.05) is 0 Å². The molecule has 0 atom stereocenters. The van der Waals surface area contributed by atoms with Crippen molar-refractivity contribution in [2.24, 2.45) is 5.41 Å². The van der Waals surface area contributed by atoms with E-state index >= 15 is 0 Å². The fourth-order valence-corrected chi connectivity index (χ4v) is 5.12. The molecule has 0 saturated carbocycles. The number of nitrogens with zero attached hydrogens (tertiary/aromatic N) is 4. The molecule has 3 aliphatic heterocycles. The lowest BCUT2D eigenvalue weighted by molar-refractivity contribution is 0.0261. The SMILES string of the molecule is O=C(NCc1ccc2oc(=O)[nH]c2c1)c1cc(C(=O)NCC23CCN(CC2)CC3)n2ncc(F)c2n1. The van der Waals surface area contributed by atoms with Crippen LogP contribution in [0.25, 0.3) is 16.7 Å². The molecule has 186 valence electrons. The van der Waals surface area contributed by atoms with Crippen LogP contribution < -0.4 is 16.4 Å². The van der Waals surface area contributed by atoms with Gasteiger partial charge in [-0.15, -0.1) is 0 Å². The van der Waals surface area contributed by atoms with Crippen LogP contribution in [0.15, 0.2) is 39.7 Å². The van der Waals surface area contributed by atoms with Crippen molar-refractivity contribution >= 4 is 28.6 Å². The number of nitrogens with one attached hydrogen (secondary N) is 3. The van der Waals surface area contributed by atoms with Crippen molar-refractivity contribution in [3.8, 4) is 0 Å². The van der Waals surface area contributed by atoms with Gasteiger partial charge in [0.15, 0.2) is 17.0 Å². The number of halogens is 1. The van der Waals surface area contributed by atoms with E-state index in [-0.39, 0.29) is 29.0 Å². The Balaban J connectivity index is 1.21. The molecule has 1 aromatic carbocycles. The molecule has 3 N–H and O–H groups in total. The topological polar surface area (TPSA) is 138 Å². The van der Waals surface area contributed by atoms with Crippen LogP contribution in [0.3, 0.4) is 0 Å². The number of aromatic amines is 1. The number of carbonyl (C=O) groups excluding carboxylic acids is 2. The summed E-state index contributed by atoms with van der Waals surface area (Å²) >= 11 is 0. The van der Waals surface area contributed by atoms with Crippen LogP contribution in [0.1, 0.15) is 45.8 Å². The lowest BCUT2D eigenvalue weighted by Gasteiger charge is -2.48. The van der Waals surface area contributed by atoms with Gasteiger partial charge in [0.2, 0.25) is 0 Å². The molecule has 2 bridgehead atoms. The Bertz CT molecular complexity index is 1530. The third-order valence-corrected chi connectivity index (χ3v) is 7.33. The zero-order valence-corrected chi connectivity index (χ0v) is 19.3. The van der Waals surface area contributed by atoms with E-state index in [1.54, 1.807) is 18.2 Å². The largest absolute Gasteiger partial charge is 0.417 e. The van der Waals surface area contributed by atoms with Gasteiger partial charge in [-0.25, -0.2) is 18.7 Å². The third-order valence-electron chi connectivity index (χ3n) is 7.33. The molecule has 3 fully saturated rings. The van der Waals surface area contributed by atoms with Crippen molar-refractivity contribution < 1.29 is 18.4 Å². The predicted molar refractivity (Wildman–Crippen MR) is 126 cm³/mol. The number of piperidine rings is 3. The fourth-order valence-electron chi connectivity index (χ4n) is 5.12. The first-order chi connectivity index (χ1) is 17.4. The standard InChI is InChI=1S/C24H24FN7O4/c25-15-12-28-32-18(22(34)27-13-24-3-6-31(7-4-24)8-5-24)10-17(29-20(15)32)21(33)26-11-14-1-2-19-16(9-14)30-23(35)36-19/h1-2,9-10,12H,3-8,11,13H2,(H,26,33)(H,27,34)(H,30,35). The molecule has 3 aliphatic rings. The molecule has 0 unspecified atom stereocenters. The van der Waals surface area contributed by atoms with Gasteiger partial charge in [0.05, 0.1) is 11.7 Å². The van der Waals surface area contributed by atoms with E-state index in [9.17, 15) is 18.8 Å². The maximum atomic E-state index is 14.4. The maximum Gasteiger partial charge on any atom is 0.417 e. The van der Waals surface area contributed by atoms with Gasteiger partial charge in [0, 0.05) is 19.2 Å². The highest BCUT2D eigenvalue weighted by Crippen LogP contribution is 2.39. The lowest BCUT2D eigenvalue weighted by atomic mass is 9.72. The van der Waals surface area contributed by atoms with Crippen LogP contribution in [-0.2, 0) is 6.54 Å². The van der Waals surface area contributed by atoms with Gasteiger partial charge in [-0.1, -0.05) is 6.07 Å². The molecule has 0 aliphatic carbocycles. The number of hydrogen-bond acceptors (Lipinski definition) is 7. The van der Waals surface area contributed by atoms with Crippen LogP contribution >= 0.6 is 0 Å². The van der Waals surface area contributed by atoms with E-state index in [4.69, 9.17) is 4.42 Å². The minimum atomic E-state index is -0.730. The monoisotopic (exact) mass is 493 g/mol. The summed E-state index contributed by atoms with van der Waals surface area (Å²) in [6.07, 6.45) is 4.06. The number of aromatic nitrogens is 4. The van der Waals surface area contributed by atoms with Crippen molar-refractivity contribution in [3.05, 3.63) is 63.8 Å². The highest BCUT2D eigenvalue weighted by Gasteiger charge is 2.39. The fraction of sp³-hybridized carbons (Fsp3) is 0.375. The van der Waals surface area contributed by atoms with E-state index < -0.39 is 23.4 Å². The number of hydrogen-bond donors (Lipinski definition) is 3. The third kappa shape index (κ3) is 4.02.